The lowest BCUT2D eigenvalue weighted by Gasteiger charge is -2.18. The van der Waals surface area contributed by atoms with Crippen LogP contribution in [-0.2, 0) is 16.0 Å². The fourth-order valence-corrected chi connectivity index (χ4v) is 2.67. The number of para-hydroxylation sites is 1. The maximum absolute atomic E-state index is 12.6. The van der Waals surface area contributed by atoms with Gasteiger partial charge in [0.15, 0.2) is 0 Å². The largest absolute Gasteiger partial charge is 0.352 e. The van der Waals surface area contributed by atoms with Crippen molar-refractivity contribution in [2.24, 2.45) is 5.41 Å². The van der Waals surface area contributed by atoms with Crippen LogP contribution in [0.15, 0.2) is 18.2 Å². The molecule has 2 aliphatic rings. The number of benzene rings is 1. The minimum atomic E-state index is -0.824. The number of carbonyl (C=O) groups excluding carboxylic acids is 2. The summed E-state index contributed by atoms with van der Waals surface area (Å²) < 4.78 is 0. The summed E-state index contributed by atoms with van der Waals surface area (Å²) in [5, 5.41) is 5.97. The molecule has 4 nitrogen and oxygen atoms in total. The van der Waals surface area contributed by atoms with Crippen LogP contribution in [0.25, 0.3) is 0 Å². The summed E-state index contributed by atoms with van der Waals surface area (Å²) in [7, 11) is 0. The first-order valence-corrected chi connectivity index (χ1v) is 7.78. The first kappa shape index (κ1) is 14.1. The molecule has 2 N–H and O–H groups in total. The predicted octanol–water partition coefficient (Wildman–Crippen LogP) is 2.55. The number of hydrogen-bond acceptors (Lipinski definition) is 2. The topological polar surface area (TPSA) is 58.2 Å². The molecule has 112 valence electrons. The molecule has 4 heteroatoms. The summed E-state index contributed by atoms with van der Waals surface area (Å²) in [6, 6.07) is 6.30. The predicted molar refractivity (Wildman–Crippen MR) is 82.0 cm³/mol. The molecule has 0 radical (unpaired) electrons. The highest BCUT2D eigenvalue weighted by molar-refractivity contribution is 6.13. The molecule has 2 aliphatic carbocycles. The molecule has 0 spiro atoms. The van der Waals surface area contributed by atoms with Crippen molar-refractivity contribution in [3.63, 3.8) is 0 Å². The Morgan fingerprint density at radius 1 is 1.24 bits per heavy atom. The van der Waals surface area contributed by atoms with Crippen LogP contribution < -0.4 is 10.6 Å². The number of aryl methyl sites for hydroxylation is 2. The molecule has 2 saturated carbocycles. The Morgan fingerprint density at radius 2 is 1.95 bits per heavy atom. The van der Waals surface area contributed by atoms with Gasteiger partial charge in [-0.25, -0.2) is 0 Å². The van der Waals surface area contributed by atoms with Crippen molar-refractivity contribution in [3.05, 3.63) is 29.3 Å². The average Bonchev–Trinajstić information content (AvgIpc) is 3.34. The maximum Gasteiger partial charge on any atom is 0.240 e. The second kappa shape index (κ2) is 5.17. The van der Waals surface area contributed by atoms with Gasteiger partial charge in [0.25, 0.3) is 0 Å². The van der Waals surface area contributed by atoms with Gasteiger partial charge in [-0.05, 0) is 50.2 Å². The highest BCUT2D eigenvalue weighted by Crippen LogP contribution is 2.47. The summed E-state index contributed by atoms with van der Waals surface area (Å²) in [5.74, 6) is -0.237. The van der Waals surface area contributed by atoms with E-state index >= 15 is 0 Å². The standard InChI is InChI=1S/C17H22N2O2/c1-3-12-6-4-5-11(2)14(12)19-16(21)17(9-10-17)15(20)18-13-7-8-13/h4-6,13H,3,7-10H2,1-2H3,(H,18,20)(H,19,21). The molecule has 21 heavy (non-hydrogen) atoms. The van der Waals surface area contributed by atoms with E-state index in [0.29, 0.717) is 18.9 Å². The summed E-state index contributed by atoms with van der Waals surface area (Å²) in [5.41, 5.74) is 2.20. The third-order valence-corrected chi connectivity index (χ3v) is 4.51. The second-order valence-corrected chi connectivity index (χ2v) is 6.25. The number of rotatable bonds is 5. The Kier molecular flexibility index (Phi) is 3.47. The summed E-state index contributed by atoms with van der Waals surface area (Å²) in [6.45, 7) is 4.05. The lowest BCUT2D eigenvalue weighted by molar-refractivity contribution is -0.134. The van der Waals surface area contributed by atoms with Gasteiger partial charge in [0.1, 0.15) is 5.41 Å². The van der Waals surface area contributed by atoms with Crippen LogP contribution in [0.1, 0.15) is 43.7 Å². The fourth-order valence-electron chi connectivity index (χ4n) is 2.67. The number of carbonyl (C=O) groups is 2. The van der Waals surface area contributed by atoms with Gasteiger partial charge in [-0.2, -0.15) is 0 Å². The van der Waals surface area contributed by atoms with Crippen LogP contribution >= 0.6 is 0 Å². The van der Waals surface area contributed by atoms with Gasteiger partial charge in [0.05, 0.1) is 0 Å². The van der Waals surface area contributed by atoms with Crippen LogP contribution in [0.5, 0.6) is 0 Å². The Bertz CT molecular complexity index is 586. The molecular formula is C17H22N2O2. The zero-order valence-corrected chi connectivity index (χ0v) is 12.7. The second-order valence-electron chi connectivity index (χ2n) is 6.25. The van der Waals surface area contributed by atoms with E-state index in [4.69, 9.17) is 0 Å². The van der Waals surface area contributed by atoms with Gasteiger partial charge >= 0.3 is 0 Å². The number of anilines is 1. The Labute approximate surface area is 125 Å². The summed E-state index contributed by atoms with van der Waals surface area (Å²) in [4.78, 5) is 24.9. The molecule has 0 heterocycles. The van der Waals surface area contributed by atoms with E-state index < -0.39 is 5.41 Å². The van der Waals surface area contributed by atoms with Crippen molar-refractivity contribution >= 4 is 17.5 Å². The van der Waals surface area contributed by atoms with E-state index in [9.17, 15) is 9.59 Å². The van der Waals surface area contributed by atoms with E-state index in [2.05, 4.69) is 17.6 Å². The van der Waals surface area contributed by atoms with Crippen LogP contribution in [0.4, 0.5) is 5.69 Å². The number of hydrogen-bond donors (Lipinski definition) is 2. The van der Waals surface area contributed by atoms with Crippen LogP contribution in [0, 0.1) is 12.3 Å². The number of amides is 2. The molecular weight excluding hydrogens is 264 g/mol. The van der Waals surface area contributed by atoms with Gasteiger partial charge in [-0.15, -0.1) is 0 Å². The lowest BCUT2D eigenvalue weighted by Crippen LogP contribution is -2.41. The van der Waals surface area contributed by atoms with Crippen molar-refractivity contribution in [1.29, 1.82) is 0 Å². The van der Waals surface area contributed by atoms with Crippen molar-refractivity contribution in [2.45, 2.75) is 52.0 Å². The molecule has 0 aliphatic heterocycles. The quantitative estimate of drug-likeness (QED) is 0.817. The highest BCUT2D eigenvalue weighted by atomic mass is 16.2. The van der Waals surface area contributed by atoms with Crippen molar-refractivity contribution < 1.29 is 9.59 Å². The van der Waals surface area contributed by atoms with E-state index in [1.54, 1.807) is 0 Å². The SMILES string of the molecule is CCc1cccc(C)c1NC(=O)C1(C(=O)NC2CC2)CC1. The molecule has 0 unspecified atom stereocenters. The minimum Gasteiger partial charge on any atom is -0.352 e. The minimum absolute atomic E-state index is 0.0888. The highest BCUT2D eigenvalue weighted by Gasteiger charge is 2.57. The summed E-state index contributed by atoms with van der Waals surface area (Å²) in [6.07, 6.45) is 4.26. The zero-order chi connectivity index (χ0) is 15.0. The molecule has 0 atom stereocenters. The van der Waals surface area contributed by atoms with Gasteiger partial charge in [-0.1, -0.05) is 25.1 Å². The van der Waals surface area contributed by atoms with Crippen molar-refractivity contribution in [2.75, 3.05) is 5.32 Å². The zero-order valence-electron chi connectivity index (χ0n) is 12.7. The Balaban J connectivity index is 1.75. The van der Waals surface area contributed by atoms with Crippen molar-refractivity contribution in [1.82, 2.24) is 5.32 Å². The Hall–Kier alpha value is -1.84. The Morgan fingerprint density at radius 3 is 2.52 bits per heavy atom. The van der Waals surface area contributed by atoms with E-state index in [1.807, 2.05) is 25.1 Å². The van der Waals surface area contributed by atoms with Crippen LogP contribution in [0.2, 0.25) is 0 Å². The molecule has 1 aromatic carbocycles. The molecule has 2 amide bonds. The van der Waals surface area contributed by atoms with Gasteiger partial charge in [0, 0.05) is 11.7 Å². The maximum atomic E-state index is 12.6. The molecule has 2 fully saturated rings. The number of nitrogens with one attached hydrogen (secondary N) is 2. The van der Waals surface area contributed by atoms with Crippen LogP contribution in [0.3, 0.4) is 0 Å². The third kappa shape index (κ3) is 2.67. The van der Waals surface area contributed by atoms with Crippen LogP contribution in [-0.4, -0.2) is 17.9 Å². The fraction of sp³-hybridized carbons (Fsp3) is 0.529. The molecule has 0 bridgehead atoms. The lowest BCUT2D eigenvalue weighted by atomic mass is 10.0. The van der Waals surface area contributed by atoms with E-state index in [-0.39, 0.29) is 11.8 Å². The first-order valence-electron chi connectivity index (χ1n) is 7.78. The molecule has 0 saturated heterocycles. The first-order chi connectivity index (χ1) is 10.1. The molecule has 0 aromatic heterocycles. The van der Waals surface area contributed by atoms with Gasteiger partial charge < -0.3 is 10.6 Å². The third-order valence-electron chi connectivity index (χ3n) is 4.51. The van der Waals surface area contributed by atoms with E-state index in [1.165, 1.54) is 0 Å². The average molecular weight is 286 g/mol. The van der Waals surface area contributed by atoms with Gasteiger partial charge in [0.2, 0.25) is 11.8 Å². The van der Waals surface area contributed by atoms with E-state index in [0.717, 1.165) is 36.1 Å². The summed E-state index contributed by atoms with van der Waals surface area (Å²) >= 11 is 0. The smallest absolute Gasteiger partial charge is 0.240 e. The molecule has 3 rings (SSSR count). The molecule has 1 aromatic rings. The monoisotopic (exact) mass is 286 g/mol. The normalized spacial score (nSPS) is 19.0. The van der Waals surface area contributed by atoms with Crippen molar-refractivity contribution in [3.8, 4) is 0 Å². The van der Waals surface area contributed by atoms with Gasteiger partial charge in [-0.3, -0.25) is 9.59 Å².